The van der Waals surface area contributed by atoms with Crippen molar-refractivity contribution in [2.45, 2.75) is 19.4 Å². The molecule has 0 fully saturated rings. The number of rotatable bonds is 7. The van der Waals surface area contributed by atoms with E-state index in [2.05, 4.69) is 0 Å². The van der Waals surface area contributed by atoms with Gasteiger partial charge in [0.15, 0.2) is 23.0 Å². The minimum Gasteiger partial charge on any atom is -0.493 e. The van der Waals surface area contributed by atoms with Gasteiger partial charge in [0, 0.05) is 12.6 Å². The van der Waals surface area contributed by atoms with E-state index in [-0.39, 0.29) is 11.9 Å². The highest BCUT2D eigenvalue weighted by Crippen LogP contribution is 2.39. The van der Waals surface area contributed by atoms with Crippen LogP contribution in [0.25, 0.3) is 6.08 Å². The van der Waals surface area contributed by atoms with Gasteiger partial charge in [-0.3, -0.25) is 4.79 Å². The molecular formula is C24H29NO6. The van der Waals surface area contributed by atoms with Gasteiger partial charge in [-0.1, -0.05) is 0 Å². The Kier molecular flexibility index (Phi) is 6.95. The first kappa shape index (κ1) is 22.3. The zero-order chi connectivity index (χ0) is 22.5. The molecule has 1 aliphatic heterocycles. The first-order valence-electron chi connectivity index (χ1n) is 10.0. The Labute approximate surface area is 183 Å². The first-order valence-corrected chi connectivity index (χ1v) is 10.0. The van der Waals surface area contributed by atoms with E-state index in [4.69, 9.17) is 23.7 Å². The molecule has 7 heteroatoms. The fourth-order valence-electron chi connectivity index (χ4n) is 3.91. The summed E-state index contributed by atoms with van der Waals surface area (Å²) >= 11 is 0. The number of amides is 1. The minimum absolute atomic E-state index is 0.0679. The number of hydrogen-bond donors (Lipinski definition) is 0. The summed E-state index contributed by atoms with van der Waals surface area (Å²) in [5, 5.41) is 0. The number of hydrogen-bond acceptors (Lipinski definition) is 6. The molecule has 0 saturated carbocycles. The molecule has 1 amide bonds. The topological polar surface area (TPSA) is 66.5 Å². The maximum atomic E-state index is 13.0. The third-order valence-electron chi connectivity index (χ3n) is 5.57. The molecule has 0 aliphatic carbocycles. The van der Waals surface area contributed by atoms with Gasteiger partial charge in [-0.25, -0.2) is 0 Å². The van der Waals surface area contributed by atoms with Crippen LogP contribution in [0.5, 0.6) is 28.7 Å². The van der Waals surface area contributed by atoms with Gasteiger partial charge in [0.2, 0.25) is 11.7 Å². The van der Waals surface area contributed by atoms with Gasteiger partial charge in [-0.2, -0.15) is 0 Å². The van der Waals surface area contributed by atoms with E-state index in [0.717, 1.165) is 17.5 Å². The average molecular weight is 427 g/mol. The molecule has 2 aromatic carbocycles. The predicted molar refractivity (Wildman–Crippen MR) is 119 cm³/mol. The Morgan fingerprint density at radius 1 is 0.871 bits per heavy atom. The number of carbonyl (C=O) groups is 1. The number of ether oxygens (including phenoxy) is 5. The lowest BCUT2D eigenvalue weighted by atomic mass is 9.92. The zero-order valence-electron chi connectivity index (χ0n) is 18.9. The molecule has 1 atom stereocenters. The Bertz CT molecular complexity index is 959. The lowest BCUT2D eigenvalue weighted by Crippen LogP contribution is -2.37. The van der Waals surface area contributed by atoms with Crippen molar-refractivity contribution in [3.63, 3.8) is 0 Å². The van der Waals surface area contributed by atoms with Crippen molar-refractivity contribution in [1.82, 2.24) is 4.90 Å². The fourth-order valence-corrected chi connectivity index (χ4v) is 3.91. The molecular weight excluding hydrogens is 398 g/mol. The molecule has 166 valence electrons. The van der Waals surface area contributed by atoms with Crippen LogP contribution in [0.15, 0.2) is 30.3 Å². The number of methoxy groups -OCH3 is 5. The van der Waals surface area contributed by atoms with E-state index in [1.54, 1.807) is 59.8 Å². The Morgan fingerprint density at radius 2 is 1.45 bits per heavy atom. The van der Waals surface area contributed by atoms with Crippen molar-refractivity contribution >= 4 is 12.0 Å². The standard InChI is InChI=1S/C24H29NO6/c1-15-18-14-20(28-3)19(27-2)13-17(18)9-10-25(15)23(26)8-7-16-11-21(29-4)24(31-6)22(12-16)30-5/h7-8,11-15H,9-10H2,1-6H3/b8-7+/t15-/m1/s1. The van der Waals surface area contributed by atoms with E-state index >= 15 is 0 Å². The molecule has 0 unspecified atom stereocenters. The lowest BCUT2D eigenvalue weighted by Gasteiger charge is -2.35. The van der Waals surface area contributed by atoms with Gasteiger partial charge < -0.3 is 28.6 Å². The predicted octanol–water partition coefficient (Wildman–Crippen LogP) is 3.89. The summed E-state index contributed by atoms with van der Waals surface area (Å²) in [5.41, 5.74) is 3.01. The van der Waals surface area contributed by atoms with Gasteiger partial charge in [0.05, 0.1) is 41.6 Å². The Morgan fingerprint density at radius 3 is 2.00 bits per heavy atom. The number of carbonyl (C=O) groups excluding carboxylic acids is 1. The molecule has 1 aliphatic rings. The van der Waals surface area contributed by atoms with Crippen LogP contribution in [0.1, 0.15) is 29.7 Å². The molecule has 3 rings (SSSR count). The Balaban J connectivity index is 1.84. The number of nitrogens with zero attached hydrogens (tertiary/aromatic N) is 1. The van der Waals surface area contributed by atoms with Crippen molar-refractivity contribution in [1.29, 1.82) is 0 Å². The maximum Gasteiger partial charge on any atom is 0.247 e. The summed E-state index contributed by atoms with van der Waals surface area (Å²) in [6, 6.07) is 7.48. The molecule has 7 nitrogen and oxygen atoms in total. The van der Waals surface area contributed by atoms with Crippen LogP contribution in [-0.4, -0.2) is 52.9 Å². The highest BCUT2D eigenvalue weighted by molar-refractivity contribution is 5.92. The summed E-state index contributed by atoms with van der Waals surface area (Å²) in [6.45, 7) is 2.65. The van der Waals surface area contributed by atoms with Gasteiger partial charge in [-0.05, 0) is 60.4 Å². The second-order valence-corrected chi connectivity index (χ2v) is 7.16. The normalized spacial score (nSPS) is 15.4. The van der Waals surface area contributed by atoms with Crippen LogP contribution in [-0.2, 0) is 11.2 Å². The van der Waals surface area contributed by atoms with Crippen LogP contribution < -0.4 is 23.7 Å². The van der Waals surface area contributed by atoms with E-state index < -0.39 is 0 Å². The third kappa shape index (κ3) is 4.40. The molecule has 0 aromatic heterocycles. The second kappa shape index (κ2) is 9.64. The van der Waals surface area contributed by atoms with E-state index in [9.17, 15) is 4.79 Å². The van der Waals surface area contributed by atoms with Crippen molar-refractivity contribution in [2.75, 3.05) is 42.1 Å². The SMILES string of the molecule is COc1cc2c(cc1OC)[C@@H](C)N(C(=O)/C=C/c1cc(OC)c(OC)c(OC)c1)CC2. The van der Waals surface area contributed by atoms with Crippen LogP contribution >= 0.6 is 0 Å². The smallest absolute Gasteiger partial charge is 0.247 e. The first-order chi connectivity index (χ1) is 15.0. The minimum atomic E-state index is -0.0827. The van der Waals surface area contributed by atoms with Crippen molar-refractivity contribution in [3.8, 4) is 28.7 Å². The summed E-state index contributed by atoms with van der Waals surface area (Å²) in [5.74, 6) is 2.89. The summed E-state index contributed by atoms with van der Waals surface area (Å²) in [6.07, 6.45) is 4.08. The highest BCUT2D eigenvalue weighted by atomic mass is 16.5. The summed E-state index contributed by atoms with van der Waals surface area (Å²) < 4.78 is 27.0. The van der Waals surface area contributed by atoms with Gasteiger partial charge >= 0.3 is 0 Å². The fraction of sp³-hybridized carbons (Fsp3) is 0.375. The quantitative estimate of drug-likeness (QED) is 0.625. The highest BCUT2D eigenvalue weighted by Gasteiger charge is 2.28. The molecule has 31 heavy (non-hydrogen) atoms. The lowest BCUT2D eigenvalue weighted by molar-refractivity contribution is -0.128. The molecule has 2 aromatic rings. The summed E-state index contributed by atoms with van der Waals surface area (Å²) in [7, 11) is 7.92. The number of fused-ring (bicyclic) bond motifs is 1. The maximum absolute atomic E-state index is 13.0. The molecule has 0 N–H and O–H groups in total. The van der Waals surface area contributed by atoms with Crippen LogP contribution in [0, 0.1) is 0 Å². The molecule has 1 heterocycles. The van der Waals surface area contributed by atoms with Crippen molar-refractivity contribution in [3.05, 3.63) is 47.0 Å². The van der Waals surface area contributed by atoms with E-state index in [1.165, 1.54) is 5.56 Å². The zero-order valence-corrected chi connectivity index (χ0v) is 18.9. The van der Waals surface area contributed by atoms with Gasteiger partial charge in [-0.15, -0.1) is 0 Å². The van der Waals surface area contributed by atoms with E-state index in [0.29, 0.717) is 35.3 Å². The van der Waals surface area contributed by atoms with Crippen LogP contribution in [0.3, 0.4) is 0 Å². The van der Waals surface area contributed by atoms with Crippen molar-refractivity contribution < 1.29 is 28.5 Å². The van der Waals surface area contributed by atoms with Gasteiger partial charge in [0.1, 0.15) is 0 Å². The Hall–Kier alpha value is -3.35. The monoisotopic (exact) mass is 427 g/mol. The largest absolute Gasteiger partial charge is 0.493 e. The van der Waals surface area contributed by atoms with Gasteiger partial charge in [0.25, 0.3) is 0 Å². The number of benzene rings is 2. The molecule has 0 spiro atoms. The van der Waals surface area contributed by atoms with E-state index in [1.807, 2.05) is 24.0 Å². The van der Waals surface area contributed by atoms with Crippen LogP contribution in [0.2, 0.25) is 0 Å². The van der Waals surface area contributed by atoms with Crippen molar-refractivity contribution in [2.24, 2.45) is 0 Å². The molecule has 0 bridgehead atoms. The molecule has 0 saturated heterocycles. The average Bonchev–Trinajstić information content (AvgIpc) is 2.81. The molecule has 0 radical (unpaired) electrons. The summed E-state index contributed by atoms with van der Waals surface area (Å²) in [4.78, 5) is 14.8. The second-order valence-electron chi connectivity index (χ2n) is 7.16. The third-order valence-corrected chi connectivity index (χ3v) is 5.57. The van der Waals surface area contributed by atoms with Crippen LogP contribution in [0.4, 0.5) is 0 Å².